The van der Waals surface area contributed by atoms with E-state index in [1.165, 1.54) is 0 Å². The summed E-state index contributed by atoms with van der Waals surface area (Å²) in [6.45, 7) is 0. The van der Waals surface area contributed by atoms with Gasteiger partial charge in [0.15, 0.2) is 0 Å². The van der Waals surface area contributed by atoms with Crippen molar-refractivity contribution >= 4 is 34.7 Å². The molecule has 0 spiro atoms. The second-order valence-electron chi connectivity index (χ2n) is 0. The third-order valence-electron chi connectivity index (χ3n) is 0. The maximum Gasteiger partial charge on any atom is 0 e. The summed E-state index contributed by atoms with van der Waals surface area (Å²) in [4.78, 5) is 0. The van der Waals surface area contributed by atoms with Gasteiger partial charge in [-0.05, 0) is 0 Å². The van der Waals surface area contributed by atoms with Crippen molar-refractivity contribution in [3.8, 4) is 0 Å². The predicted molar refractivity (Wildman–Crippen MR) is 18.5 cm³/mol. The van der Waals surface area contributed by atoms with Gasteiger partial charge in [-0.1, -0.05) is 0 Å². The van der Waals surface area contributed by atoms with Crippen molar-refractivity contribution < 1.29 is 95.2 Å². The Kier molecular flexibility index (Phi) is 483. The van der Waals surface area contributed by atoms with Gasteiger partial charge in [-0.15, -0.1) is 0 Å². The van der Waals surface area contributed by atoms with Gasteiger partial charge in [-0.2, -0.15) is 0 Å². The van der Waals surface area contributed by atoms with Crippen LogP contribution in [-0.2, 0) is 95.2 Å². The van der Waals surface area contributed by atoms with E-state index in [1.807, 2.05) is 0 Å². The molecular formula is H5CrGeMoNiSeTiV. The van der Waals surface area contributed by atoms with Gasteiger partial charge in [0.25, 0.3) is 0 Å². The molecule has 0 bridgehead atoms. The molecule has 0 aliphatic rings. The second kappa shape index (κ2) is 50.0. The molecule has 0 aliphatic carbocycles. The summed E-state index contributed by atoms with van der Waals surface area (Å²) in [6, 6.07) is 0. The average Bonchev–Trinajstić information content (AvgIpc) is 0. The van der Waals surface area contributed by atoms with Crippen molar-refractivity contribution in [2.75, 3.05) is 0 Å². The standard InChI is InChI=1S/Cr.GeH4.Mo.Ni.HSe.Ti.V/h;1H4;;;1H;;. The number of hydrogen-bond acceptors (Lipinski definition) is 0. The third-order valence-corrected chi connectivity index (χ3v) is 0. The van der Waals surface area contributed by atoms with Gasteiger partial charge in [0.2, 0.25) is 0 Å². The van der Waals surface area contributed by atoms with Crippen LogP contribution in [-0.4, -0.2) is 34.7 Å². The Morgan fingerprint density at radius 1 is 1.00 bits per heavy atom. The van der Waals surface area contributed by atoms with Gasteiger partial charge in [0, 0.05) is 95.2 Å². The van der Waals surface area contributed by atoms with Crippen LogP contribution in [0.15, 0.2) is 0 Å². The molecule has 7 heteroatoms. The van der Waals surface area contributed by atoms with Crippen molar-refractivity contribution in [3.05, 3.63) is 0 Å². The van der Waals surface area contributed by atoms with Crippen molar-refractivity contribution in [2.24, 2.45) is 0 Å². The van der Waals surface area contributed by atoms with E-state index >= 15 is 0 Å². The van der Waals surface area contributed by atoms with Crippen molar-refractivity contribution in [2.45, 2.75) is 0 Å². The fourth-order valence-electron chi connectivity index (χ4n) is 0. The second-order valence-corrected chi connectivity index (χ2v) is 0. The maximum absolute atomic E-state index is 0. The quantitative estimate of drug-likeness (QED) is 0.362. The molecule has 0 saturated heterocycles. The minimum absolute atomic E-state index is 0. The largest absolute Gasteiger partial charge is 0 e. The topological polar surface area (TPSA) is 0 Å². The van der Waals surface area contributed by atoms with Crippen LogP contribution < -0.4 is 0 Å². The molecule has 0 atom stereocenters. The summed E-state index contributed by atoms with van der Waals surface area (Å²) >= 11 is 0. The molecule has 0 unspecified atom stereocenters. The molecule has 0 amide bonds. The zero-order chi connectivity index (χ0) is 0. The summed E-state index contributed by atoms with van der Waals surface area (Å²) in [5.41, 5.74) is 0. The number of hydrogen-bond donors (Lipinski definition) is 0. The Balaban J connectivity index is 0. The maximum atomic E-state index is 0. The Morgan fingerprint density at radius 3 is 1.00 bits per heavy atom. The Hall–Kier alpha value is 4.08. The van der Waals surface area contributed by atoms with Gasteiger partial charge in [-0.3, -0.25) is 0 Å². The first kappa shape index (κ1) is 67.7. The summed E-state index contributed by atoms with van der Waals surface area (Å²) in [5, 5.41) is 0. The molecule has 0 nitrogen and oxygen atoms in total. The van der Waals surface area contributed by atoms with Crippen LogP contribution in [0.2, 0.25) is 0 Å². The van der Waals surface area contributed by atoms with Crippen LogP contribution >= 0.6 is 0 Å². The van der Waals surface area contributed by atoms with E-state index in [0.717, 1.165) is 0 Å². The van der Waals surface area contributed by atoms with Crippen LogP contribution in [0.3, 0.4) is 0 Å². The van der Waals surface area contributed by atoms with Crippen molar-refractivity contribution in [3.63, 3.8) is 0 Å². The number of rotatable bonds is 0. The SMILES string of the molecule is [Cr].[GeH4].[Mo].[Ni].[SeH].[Ti].[V]. The molecule has 0 aromatic heterocycles. The van der Waals surface area contributed by atoms with Crippen LogP contribution in [0.4, 0.5) is 0 Å². The van der Waals surface area contributed by atoms with E-state index < -0.39 is 0 Å². The van der Waals surface area contributed by atoms with E-state index in [1.54, 1.807) is 0 Å². The van der Waals surface area contributed by atoms with E-state index in [0.29, 0.717) is 0 Å². The molecular weight excluding hydrogens is 457 g/mol. The van der Waals surface area contributed by atoms with E-state index in [2.05, 4.69) is 0 Å². The summed E-state index contributed by atoms with van der Waals surface area (Å²) in [6.07, 6.45) is 0. The average molecular weight is 462 g/mol. The molecule has 0 aromatic carbocycles. The van der Waals surface area contributed by atoms with Crippen LogP contribution in [0.1, 0.15) is 0 Å². The molecule has 0 heterocycles. The van der Waals surface area contributed by atoms with Gasteiger partial charge >= 0.3 is 34.7 Å². The molecule has 0 aromatic rings. The fraction of sp³-hybridized carbons (Fsp3) is 0. The van der Waals surface area contributed by atoms with E-state index in [4.69, 9.17) is 0 Å². The smallest absolute Gasteiger partial charge is 0 e. The monoisotopic (exact) mass is 466 g/mol. The zero-order valence-corrected chi connectivity index (χ0v) is 11.6. The minimum Gasteiger partial charge on any atom is 0 e. The molecule has 46 valence electrons. The molecule has 0 N–H and O–H groups in total. The first-order chi connectivity index (χ1) is 0. The molecule has 2 radical (unpaired) electrons. The van der Waals surface area contributed by atoms with Gasteiger partial charge in [0.1, 0.15) is 0 Å². The molecule has 0 aliphatic heterocycles. The van der Waals surface area contributed by atoms with Crippen LogP contribution in [0, 0.1) is 0 Å². The zero-order valence-electron chi connectivity index (χ0n) is 2.53. The Bertz CT molecular complexity index is 19.7. The van der Waals surface area contributed by atoms with E-state index in [-0.39, 0.29) is 130 Å². The molecule has 0 saturated carbocycles. The first-order valence-electron chi connectivity index (χ1n) is 0. The van der Waals surface area contributed by atoms with Crippen LogP contribution in [0.25, 0.3) is 0 Å². The van der Waals surface area contributed by atoms with Gasteiger partial charge in [-0.25, -0.2) is 0 Å². The molecule has 7 heavy (non-hydrogen) atoms. The molecule has 0 rings (SSSR count). The van der Waals surface area contributed by atoms with Crippen LogP contribution in [0.5, 0.6) is 0 Å². The van der Waals surface area contributed by atoms with Gasteiger partial charge < -0.3 is 0 Å². The third kappa shape index (κ3) is 39.6. The summed E-state index contributed by atoms with van der Waals surface area (Å²) in [7, 11) is 0. The predicted octanol–water partition coefficient (Wildman–Crippen LogP) is -2.11. The van der Waals surface area contributed by atoms with E-state index in [9.17, 15) is 0 Å². The first-order valence-corrected chi connectivity index (χ1v) is 0. The summed E-state index contributed by atoms with van der Waals surface area (Å²) < 4.78 is 0. The molecule has 0 fully saturated rings. The Morgan fingerprint density at radius 2 is 1.00 bits per heavy atom. The van der Waals surface area contributed by atoms with Crippen molar-refractivity contribution in [1.29, 1.82) is 0 Å². The van der Waals surface area contributed by atoms with Crippen molar-refractivity contribution in [1.82, 2.24) is 0 Å². The Labute approximate surface area is 127 Å². The minimum atomic E-state index is 0. The normalized spacial score (nSPS) is 0. The summed E-state index contributed by atoms with van der Waals surface area (Å²) in [5.74, 6) is 0. The van der Waals surface area contributed by atoms with Gasteiger partial charge in [0.05, 0.1) is 0 Å². The fourth-order valence-corrected chi connectivity index (χ4v) is 0.